The van der Waals surface area contributed by atoms with Crippen molar-refractivity contribution in [1.29, 1.82) is 0 Å². The van der Waals surface area contributed by atoms with Crippen molar-refractivity contribution >= 4 is 11.9 Å². The Labute approximate surface area is 157 Å². The maximum Gasteiger partial charge on any atom is 0.319 e. The number of aromatic nitrogens is 1. The molecule has 0 saturated carbocycles. The Kier molecular flexibility index (Phi) is 4.47. The van der Waals surface area contributed by atoms with Gasteiger partial charge in [-0.25, -0.2) is 4.79 Å². The maximum absolute atomic E-state index is 13.2. The van der Waals surface area contributed by atoms with Gasteiger partial charge >= 0.3 is 6.03 Å². The van der Waals surface area contributed by atoms with E-state index >= 15 is 0 Å². The van der Waals surface area contributed by atoms with Crippen LogP contribution in [0.15, 0.2) is 57.3 Å². The van der Waals surface area contributed by atoms with Gasteiger partial charge in [0.1, 0.15) is 6.04 Å². The lowest BCUT2D eigenvalue weighted by atomic mass is 9.95. The topological polar surface area (TPSA) is 99.1 Å². The standard InChI is InChI=1S/C19H22N6O2/c1-11-16(17(22-19(27)21-11)12-5-4-8-20-9-12)18(26)25(2)10-15-13-6-3-7-14(13)23-24-15/h4-5,8-9,15,17H,3,6-7,10H2,1-2H3,(H2,21,22,27). The van der Waals surface area contributed by atoms with Crippen molar-refractivity contribution in [2.45, 2.75) is 38.3 Å². The van der Waals surface area contributed by atoms with Gasteiger partial charge in [-0.1, -0.05) is 6.07 Å². The number of urea groups is 1. The number of allylic oxidation sites excluding steroid dienone is 2. The summed E-state index contributed by atoms with van der Waals surface area (Å²) in [6.07, 6.45) is 6.43. The Morgan fingerprint density at radius 1 is 1.37 bits per heavy atom. The maximum atomic E-state index is 13.2. The molecular weight excluding hydrogens is 344 g/mol. The number of amides is 3. The number of carbonyl (C=O) groups is 2. The van der Waals surface area contributed by atoms with E-state index in [2.05, 4.69) is 25.8 Å². The van der Waals surface area contributed by atoms with Crippen molar-refractivity contribution in [2.24, 2.45) is 10.2 Å². The summed E-state index contributed by atoms with van der Waals surface area (Å²) in [6.45, 7) is 2.22. The van der Waals surface area contributed by atoms with Crippen LogP contribution in [-0.4, -0.2) is 41.5 Å². The summed E-state index contributed by atoms with van der Waals surface area (Å²) in [4.78, 5) is 31.0. The van der Waals surface area contributed by atoms with Crippen LogP contribution in [0, 0.1) is 0 Å². The smallest absolute Gasteiger partial charge is 0.319 e. The minimum Gasteiger partial charge on any atom is -0.339 e. The number of carbonyl (C=O) groups excluding carboxylic acids is 2. The largest absolute Gasteiger partial charge is 0.339 e. The Morgan fingerprint density at radius 3 is 3.00 bits per heavy atom. The van der Waals surface area contributed by atoms with Crippen molar-refractivity contribution in [1.82, 2.24) is 20.5 Å². The van der Waals surface area contributed by atoms with Crippen LogP contribution >= 0.6 is 0 Å². The molecule has 3 heterocycles. The van der Waals surface area contributed by atoms with E-state index in [1.807, 2.05) is 6.07 Å². The summed E-state index contributed by atoms with van der Waals surface area (Å²) in [5.41, 5.74) is 4.19. The number of hydrogen-bond acceptors (Lipinski definition) is 5. The molecule has 0 aromatic carbocycles. The fourth-order valence-electron chi connectivity index (χ4n) is 3.90. The first-order valence-electron chi connectivity index (χ1n) is 9.11. The van der Waals surface area contributed by atoms with Crippen LogP contribution in [0.25, 0.3) is 0 Å². The van der Waals surface area contributed by atoms with E-state index in [0.29, 0.717) is 17.8 Å². The highest BCUT2D eigenvalue weighted by Gasteiger charge is 2.35. The summed E-state index contributed by atoms with van der Waals surface area (Å²) in [6, 6.07) is 2.72. The SMILES string of the molecule is CC1=C(C(=O)N(C)CC2N=NC3=C2CCC3)C(c2cccnc2)NC(=O)N1. The Balaban J connectivity index is 1.57. The molecule has 0 saturated heterocycles. The molecule has 3 aliphatic rings. The molecule has 3 amide bonds. The van der Waals surface area contributed by atoms with Crippen LogP contribution in [0.1, 0.15) is 37.8 Å². The zero-order valence-corrected chi connectivity index (χ0v) is 15.4. The van der Waals surface area contributed by atoms with Crippen molar-refractivity contribution in [2.75, 3.05) is 13.6 Å². The van der Waals surface area contributed by atoms with Crippen LogP contribution in [0.2, 0.25) is 0 Å². The predicted octanol–water partition coefficient (Wildman–Crippen LogP) is 2.44. The summed E-state index contributed by atoms with van der Waals surface area (Å²) < 4.78 is 0. The summed E-state index contributed by atoms with van der Waals surface area (Å²) >= 11 is 0. The molecule has 8 heteroatoms. The molecular formula is C19H22N6O2. The molecule has 0 spiro atoms. The molecule has 140 valence electrons. The van der Waals surface area contributed by atoms with Gasteiger partial charge in [-0.15, -0.1) is 0 Å². The summed E-state index contributed by atoms with van der Waals surface area (Å²) in [5, 5.41) is 14.1. The highest BCUT2D eigenvalue weighted by molar-refractivity contribution is 5.98. The Hall–Kier alpha value is -3.03. The van der Waals surface area contributed by atoms with Crippen molar-refractivity contribution in [3.8, 4) is 0 Å². The van der Waals surface area contributed by atoms with Crippen molar-refractivity contribution in [3.05, 3.63) is 52.6 Å². The summed E-state index contributed by atoms with van der Waals surface area (Å²) in [7, 11) is 1.77. The van der Waals surface area contributed by atoms with Crippen LogP contribution in [0.5, 0.6) is 0 Å². The first-order valence-corrected chi connectivity index (χ1v) is 9.11. The van der Waals surface area contributed by atoms with E-state index in [-0.39, 0.29) is 18.0 Å². The minimum absolute atomic E-state index is 0.0552. The van der Waals surface area contributed by atoms with Crippen LogP contribution in [0.3, 0.4) is 0 Å². The molecule has 1 aliphatic carbocycles. The molecule has 2 aliphatic heterocycles. The average molecular weight is 366 g/mol. The van der Waals surface area contributed by atoms with Gasteiger partial charge in [0.05, 0.1) is 17.3 Å². The third-order valence-electron chi connectivity index (χ3n) is 5.26. The van der Waals surface area contributed by atoms with Crippen LogP contribution < -0.4 is 10.6 Å². The zero-order valence-electron chi connectivity index (χ0n) is 15.4. The first-order chi connectivity index (χ1) is 13.0. The predicted molar refractivity (Wildman–Crippen MR) is 98.5 cm³/mol. The van der Waals surface area contributed by atoms with E-state index in [1.54, 1.807) is 37.3 Å². The van der Waals surface area contributed by atoms with E-state index in [0.717, 1.165) is 30.5 Å². The van der Waals surface area contributed by atoms with E-state index in [1.165, 1.54) is 5.57 Å². The number of azo groups is 1. The minimum atomic E-state index is -0.533. The van der Waals surface area contributed by atoms with Crippen molar-refractivity contribution in [3.63, 3.8) is 0 Å². The molecule has 0 bridgehead atoms. The van der Waals surface area contributed by atoms with Crippen LogP contribution in [-0.2, 0) is 4.79 Å². The molecule has 4 rings (SSSR count). The number of pyridine rings is 1. The molecule has 0 radical (unpaired) electrons. The summed E-state index contributed by atoms with van der Waals surface area (Å²) in [5.74, 6) is -0.142. The third kappa shape index (κ3) is 3.22. The lowest BCUT2D eigenvalue weighted by molar-refractivity contribution is -0.126. The van der Waals surface area contributed by atoms with Crippen LogP contribution in [0.4, 0.5) is 4.79 Å². The fraction of sp³-hybridized carbons (Fsp3) is 0.421. The number of nitrogens with zero attached hydrogens (tertiary/aromatic N) is 4. The number of hydrogen-bond donors (Lipinski definition) is 2. The molecule has 2 atom stereocenters. The van der Waals surface area contributed by atoms with Gasteiger partial charge < -0.3 is 15.5 Å². The van der Waals surface area contributed by atoms with Gasteiger partial charge in [-0.3, -0.25) is 9.78 Å². The van der Waals surface area contributed by atoms with Gasteiger partial charge in [0.2, 0.25) is 0 Å². The second kappa shape index (κ2) is 6.94. The quantitative estimate of drug-likeness (QED) is 0.856. The lowest BCUT2D eigenvalue weighted by Crippen LogP contribution is -2.48. The lowest BCUT2D eigenvalue weighted by Gasteiger charge is -2.31. The van der Waals surface area contributed by atoms with Gasteiger partial charge in [-0.2, -0.15) is 10.2 Å². The highest BCUT2D eigenvalue weighted by atomic mass is 16.2. The molecule has 8 nitrogen and oxygen atoms in total. The Morgan fingerprint density at radius 2 is 2.22 bits per heavy atom. The van der Waals surface area contributed by atoms with E-state index < -0.39 is 6.04 Å². The molecule has 2 unspecified atom stereocenters. The second-order valence-electron chi connectivity index (χ2n) is 7.10. The number of nitrogens with one attached hydrogen (secondary N) is 2. The second-order valence-corrected chi connectivity index (χ2v) is 7.10. The Bertz CT molecular complexity index is 873. The average Bonchev–Trinajstić information content (AvgIpc) is 3.26. The van der Waals surface area contributed by atoms with Gasteiger partial charge in [0.15, 0.2) is 0 Å². The third-order valence-corrected chi connectivity index (χ3v) is 5.26. The molecule has 1 aromatic rings. The zero-order chi connectivity index (χ0) is 19.0. The monoisotopic (exact) mass is 366 g/mol. The van der Waals surface area contributed by atoms with Gasteiger partial charge in [0, 0.05) is 31.7 Å². The normalized spacial score (nSPS) is 24.0. The van der Waals surface area contributed by atoms with Crippen molar-refractivity contribution < 1.29 is 9.59 Å². The number of likely N-dealkylation sites (N-methyl/N-ethyl adjacent to an activating group) is 1. The first kappa shape index (κ1) is 17.4. The molecule has 2 N–H and O–H groups in total. The number of rotatable bonds is 4. The molecule has 0 fully saturated rings. The molecule has 1 aromatic heterocycles. The molecule has 27 heavy (non-hydrogen) atoms. The highest BCUT2D eigenvalue weighted by Crippen LogP contribution is 2.36. The van der Waals surface area contributed by atoms with Gasteiger partial charge in [0.25, 0.3) is 5.91 Å². The van der Waals surface area contributed by atoms with E-state index in [4.69, 9.17) is 0 Å². The fourth-order valence-corrected chi connectivity index (χ4v) is 3.90. The van der Waals surface area contributed by atoms with E-state index in [9.17, 15) is 9.59 Å². The van der Waals surface area contributed by atoms with Gasteiger partial charge in [-0.05, 0) is 43.4 Å².